The van der Waals surface area contributed by atoms with Crippen molar-refractivity contribution in [2.75, 3.05) is 19.6 Å². The van der Waals surface area contributed by atoms with Gasteiger partial charge in [-0.25, -0.2) is 4.79 Å². The molecular formula is C10H18N2O2. The van der Waals surface area contributed by atoms with Gasteiger partial charge in [-0.2, -0.15) is 0 Å². The number of carbonyl (C=O) groups is 1. The zero-order valence-electron chi connectivity index (χ0n) is 8.46. The number of fused-ring (bicyclic) bond motifs is 1. The minimum atomic E-state index is -0.899. The van der Waals surface area contributed by atoms with Crippen molar-refractivity contribution in [3.05, 3.63) is 0 Å². The molecule has 1 amide bonds. The van der Waals surface area contributed by atoms with E-state index in [1.165, 1.54) is 38.8 Å². The Kier molecular flexibility index (Phi) is 2.63. The Hall–Kier alpha value is -0.770. The molecule has 0 aromatic heterocycles. The van der Waals surface area contributed by atoms with Gasteiger partial charge in [-0.3, -0.25) is 4.90 Å². The lowest BCUT2D eigenvalue weighted by atomic mass is 9.90. The van der Waals surface area contributed by atoms with Crippen LogP contribution >= 0.6 is 0 Å². The van der Waals surface area contributed by atoms with Crippen molar-refractivity contribution < 1.29 is 9.90 Å². The van der Waals surface area contributed by atoms with Crippen molar-refractivity contribution in [2.24, 2.45) is 0 Å². The first-order valence-corrected chi connectivity index (χ1v) is 5.45. The zero-order valence-corrected chi connectivity index (χ0v) is 8.46. The van der Waals surface area contributed by atoms with Gasteiger partial charge >= 0.3 is 6.09 Å². The molecule has 0 bridgehead atoms. The minimum absolute atomic E-state index is 0.350. The summed E-state index contributed by atoms with van der Waals surface area (Å²) in [6.45, 7) is 3.03. The number of hydrogen-bond acceptors (Lipinski definition) is 2. The van der Waals surface area contributed by atoms with E-state index < -0.39 is 6.09 Å². The normalized spacial score (nSPS) is 24.9. The second-order valence-corrected chi connectivity index (χ2v) is 4.40. The Morgan fingerprint density at radius 3 is 2.57 bits per heavy atom. The number of carboxylic acid groups (broad SMARTS) is 1. The van der Waals surface area contributed by atoms with Crippen molar-refractivity contribution in [3.63, 3.8) is 0 Å². The van der Waals surface area contributed by atoms with Gasteiger partial charge in [-0.05, 0) is 45.2 Å². The van der Waals surface area contributed by atoms with E-state index in [0.29, 0.717) is 12.1 Å². The van der Waals surface area contributed by atoms with Crippen LogP contribution in [0.4, 0.5) is 4.79 Å². The summed E-state index contributed by atoms with van der Waals surface area (Å²) < 4.78 is 0. The summed E-state index contributed by atoms with van der Waals surface area (Å²) in [6.07, 6.45) is 5.17. The highest BCUT2D eigenvalue weighted by Crippen LogP contribution is 2.40. The van der Waals surface area contributed by atoms with E-state index in [1.807, 2.05) is 0 Å². The summed E-state index contributed by atoms with van der Waals surface area (Å²) in [6, 6.07) is 0. The Labute approximate surface area is 84.3 Å². The summed E-state index contributed by atoms with van der Waals surface area (Å²) in [4.78, 5) is 12.9. The molecule has 2 saturated heterocycles. The Balaban J connectivity index is 1.85. The average Bonchev–Trinajstić information content (AvgIpc) is 2.61. The molecule has 0 unspecified atom stereocenters. The number of nitrogens with one attached hydrogen (secondary N) is 1. The zero-order chi connectivity index (χ0) is 10.0. The van der Waals surface area contributed by atoms with Crippen molar-refractivity contribution >= 4 is 6.09 Å². The van der Waals surface area contributed by atoms with Crippen molar-refractivity contribution in [1.29, 1.82) is 0 Å². The summed E-state index contributed by atoms with van der Waals surface area (Å²) in [7, 11) is 0. The van der Waals surface area contributed by atoms with E-state index in [-0.39, 0.29) is 0 Å². The summed E-state index contributed by atoms with van der Waals surface area (Å²) in [5.41, 5.74) is 0.350. The van der Waals surface area contributed by atoms with Crippen molar-refractivity contribution in [3.8, 4) is 0 Å². The predicted octanol–water partition coefficient (Wildman–Crippen LogP) is 1.27. The standard InChI is InChI=1S/C10H18N2O2/c13-9(14)11-6-5-10-3-1-7-12(10)8-2-4-10/h11H,1-8H2,(H,13,14). The maximum atomic E-state index is 10.3. The van der Waals surface area contributed by atoms with Gasteiger partial charge < -0.3 is 10.4 Å². The third-order valence-electron chi connectivity index (χ3n) is 3.68. The molecule has 80 valence electrons. The Bertz CT molecular complexity index is 220. The van der Waals surface area contributed by atoms with E-state index in [1.54, 1.807) is 0 Å². The molecule has 2 heterocycles. The Morgan fingerprint density at radius 2 is 2.00 bits per heavy atom. The van der Waals surface area contributed by atoms with E-state index in [2.05, 4.69) is 10.2 Å². The number of nitrogens with zero attached hydrogens (tertiary/aromatic N) is 1. The lowest BCUT2D eigenvalue weighted by Crippen LogP contribution is -2.41. The smallest absolute Gasteiger partial charge is 0.404 e. The van der Waals surface area contributed by atoms with Crippen LogP contribution < -0.4 is 5.32 Å². The van der Waals surface area contributed by atoms with Crippen LogP contribution in [0, 0.1) is 0 Å². The van der Waals surface area contributed by atoms with Gasteiger partial charge in [-0.1, -0.05) is 0 Å². The van der Waals surface area contributed by atoms with Crippen LogP contribution in [0.3, 0.4) is 0 Å². The van der Waals surface area contributed by atoms with Gasteiger partial charge in [0.15, 0.2) is 0 Å². The molecule has 14 heavy (non-hydrogen) atoms. The predicted molar refractivity (Wildman–Crippen MR) is 53.4 cm³/mol. The van der Waals surface area contributed by atoms with Crippen LogP contribution in [0.25, 0.3) is 0 Å². The molecule has 0 atom stereocenters. The maximum absolute atomic E-state index is 10.3. The second kappa shape index (κ2) is 3.77. The molecule has 0 aliphatic carbocycles. The van der Waals surface area contributed by atoms with Crippen LogP contribution in [0.2, 0.25) is 0 Å². The molecule has 4 heteroatoms. The molecule has 2 aliphatic heterocycles. The SMILES string of the molecule is O=C(O)NCCC12CCCN1CCC2. The maximum Gasteiger partial charge on any atom is 0.404 e. The minimum Gasteiger partial charge on any atom is -0.465 e. The van der Waals surface area contributed by atoms with Gasteiger partial charge in [0, 0.05) is 12.1 Å². The van der Waals surface area contributed by atoms with E-state index in [4.69, 9.17) is 5.11 Å². The monoisotopic (exact) mass is 198 g/mol. The van der Waals surface area contributed by atoms with E-state index in [0.717, 1.165) is 6.42 Å². The number of amides is 1. The van der Waals surface area contributed by atoms with Gasteiger partial charge in [0.05, 0.1) is 0 Å². The van der Waals surface area contributed by atoms with Crippen LogP contribution in [0.1, 0.15) is 32.1 Å². The molecule has 2 rings (SSSR count). The fraction of sp³-hybridized carbons (Fsp3) is 0.900. The molecule has 2 fully saturated rings. The van der Waals surface area contributed by atoms with Gasteiger partial charge in [0.1, 0.15) is 0 Å². The third kappa shape index (κ3) is 1.71. The highest BCUT2D eigenvalue weighted by molar-refractivity contribution is 5.64. The van der Waals surface area contributed by atoms with Gasteiger partial charge in [0.25, 0.3) is 0 Å². The number of hydrogen-bond donors (Lipinski definition) is 2. The van der Waals surface area contributed by atoms with E-state index >= 15 is 0 Å². The third-order valence-corrected chi connectivity index (χ3v) is 3.68. The lowest BCUT2D eigenvalue weighted by molar-refractivity contribution is 0.172. The molecule has 2 aliphatic rings. The van der Waals surface area contributed by atoms with Crippen LogP contribution in [0.5, 0.6) is 0 Å². The molecule has 0 radical (unpaired) electrons. The lowest BCUT2D eigenvalue weighted by Gasteiger charge is -2.31. The van der Waals surface area contributed by atoms with Crippen LogP contribution in [0.15, 0.2) is 0 Å². The first kappa shape index (κ1) is 9.77. The molecule has 0 aromatic rings. The quantitative estimate of drug-likeness (QED) is 0.718. The van der Waals surface area contributed by atoms with Crippen molar-refractivity contribution in [2.45, 2.75) is 37.6 Å². The highest BCUT2D eigenvalue weighted by atomic mass is 16.4. The summed E-state index contributed by atoms with van der Waals surface area (Å²) in [5.74, 6) is 0. The van der Waals surface area contributed by atoms with E-state index in [9.17, 15) is 4.79 Å². The second-order valence-electron chi connectivity index (χ2n) is 4.40. The molecule has 4 nitrogen and oxygen atoms in total. The van der Waals surface area contributed by atoms with Crippen LogP contribution in [-0.2, 0) is 0 Å². The first-order valence-electron chi connectivity index (χ1n) is 5.45. The fourth-order valence-corrected chi connectivity index (χ4v) is 3.04. The van der Waals surface area contributed by atoms with Crippen molar-refractivity contribution in [1.82, 2.24) is 10.2 Å². The molecule has 0 aromatic carbocycles. The van der Waals surface area contributed by atoms with Crippen LogP contribution in [-0.4, -0.2) is 41.3 Å². The molecule has 0 spiro atoms. The largest absolute Gasteiger partial charge is 0.465 e. The first-order chi connectivity index (χ1) is 6.73. The highest BCUT2D eigenvalue weighted by Gasteiger charge is 2.43. The number of rotatable bonds is 3. The fourth-order valence-electron chi connectivity index (χ4n) is 3.04. The summed E-state index contributed by atoms with van der Waals surface area (Å²) >= 11 is 0. The summed E-state index contributed by atoms with van der Waals surface area (Å²) in [5, 5.41) is 11.0. The Morgan fingerprint density at radius 1 is 1.36 bits per heavy atom. The average molecular weight is 198 g/mol. The molecular weight excluding hydrogens is 180 g/mol. The molecule has 2 N–H and O–H groups in total. The topological polar surface area (TPSA) is 52.6 Å². The molecule has 0 saturated carbocycles. The van der Waals surface area contributed by atoms with Gasteiger partial charge in [0.2, 0.25) is 0 Å². The van der Waals surface area contributed by atoms with Gasteiger partial charge in [-0.15, -0.1) is 0 Å².